The maximum atomic E-state index is 6.22. The number of aromatic nitrogens is 4. The molecule has 1 aliphatic rings. The minimum Gasteiger partial charge on any atom is -0.324 e. The van der Waals surface area contributed by atoms with Crippen LogP contribution in [-0.4, -0.2) is 19.7 Å². The molecular formula is C13H17N5. The van der Waals surface area contributed by atoms with Crippen LogP contribution in [0.1, 0.15) is 42.8 Å². The largest absolute Gasteiger partial charge is 0.324 e. The Morgan fingerprint density at radius 1 is 1.39 bits per heavy atom. The van der Waals surface area contributed by atoms with Gasteiger partial charge in [-0.2, -0.15) is 5.10 Å². The van der Waals surface area contributed by atoms with E-state index in [2.05, 4.69) is 22.0 Å². The summed E-state index contributed by atoms with van der Waals surface area (Å²) in [5, 5.41) is 4.64. The predicted molar refractivity (Wildman–Crippen MR) is 68.4 cm³/mol. The molecule has 1 unspecified atom stereocenters. The Bertz CT molecular complexity index is 546. The Morgan fingerprint density at radius 3 is 2.89 bits per heavy atom. The molecule has 0 aliphatic heterocycles. The lowest BCUT2D eigenvalue weighted by Crippen LogP contribution is -2.19. The summed E-state index contributed by atoms with van der Waals surface area (Å²) in [4.78, 5) is 8.56. The van der Waals surface area contributed by atoms with E-state index in [9.17, 15) is 0 Å². The first-order valence-electron chi connectivity index (χ1n) is 6.45. The summed E-state index contributed by atoms with van der Waals surface area (Å²) >= 11 is 0. The van der Waals surface area contributed by atoms with Gasteiger partial charge in [-0.05, 0) is 31.7 Å². The van der Waals surface area contributed by atoms with Crippen molar-refractivity contribution in [2.45, 2.75) is 38.6 Å². The van der Waals surface area contributed by atoms with Crippen LogP contribution >= 0.6 is 0 Å². The van der Waals surface area contributed by atoms with Gasteiger partial charge in [0.15, 0.2) is 0 Å². The maximum Gasteiger partial charge on any atom is 0.250 e. The molecule has 2 heterocycles. The molecule has 0 amide bonds. The number of rotatable bonds is 2. The fraction of sp³-hybridized carbons (Fsp3) is 0.462. The van der Waals surface area contributed by atoms with Crippen LogP contribution in [0.4, 0.5) is 0 Å². The van der Waals surface area contributed by atoms with Crippen LogP contribution in [0.3, 0.4) is 0 Å². The molecule has 0 spiro atoms. The molecule has 0 saturated carbocycles. The molecule has 94 valence electrons. The summed E-state index contributed by atoms with van der Waals surface area (Å²) in [7, 11) is 0. The zero-order chi connectivity index (χ0) is 12.5. The van der Waals surface area contributed by atoms with Crippen molar-refractivity contribution < 1.29 is 0 Å². The lowest BCUT2D eigenvalue weighted by molar-refractivity contribution is 0.553. The van der Waals surface area contributed by atoms with E-state index < -0.39 is 0 Å². The molecule has 2 aromatic heterocycles. The topological polar surface area (TPSA) is 69.6 Å². The highest BCUT2D eigenvalue weighted by molar-refractivity contribution is 5.35. The van der Waals surface area contributed by atoms with Crippen molar-refractivity contribution in [2.24, 2.45) is 5.73 Å². The van der Waals surface area contributed by atoms with Crippen molar-refractivity contribution in [3.05, 3.63) is 35.4 Å². The van der Waals surface area contributed by atoms with Gasteiger partial charge in [-0.3, -0.25) is 0 Å². The predicted octanol–water partition coefficient (Wildman–Crippen LogP) is 1.56. The molecular weight excluding hydrogens is 226 g/mol. The van der Waals surface area contributed by atoms with Gasteiger partial charge in [0, 0.05) is 24.0 Å². The van der Waals surface area contributed by atoms with Crippen LogP contribution in [-0.2, 0) is 12.8 Å². The Kier molecular flexibility index (Phi) is 2.83. The summed E-state index contributed by atoms with van der Waals surface area (Å²) in [5.74, 6) is 0.641. The molecule has 0 bridgehead atoms. The van der Waals surface area contributed by atoms with E-state index in [1.807, 2.05) is 10.7 Å². The van der Waals surface area contributed by atoms with E-state index in [1.54, 1.807) is 12.4 Å². The van der Waals surface area contributed by atoms with Crippen LogP contribution in [0, 0.1) is 0 Å². The minimum atomic E-state index is 0.112. The van der Waals surface area contributed by atoms with Crippen LogP contribution in [0.25, 0.3) is 5.95 Å². The minimum absolute atomic E-state index is 0.112. The third-order valence-corrected chi connectivity index (χ3v) is 3.47. The highest BCUT2D eigenvalue weighted by atomic mass is 15.4. The molecule has 0 radical (unpaired) electrons. The maximum absolute atomic E-state index is 6.22. The average molecular weight is 243 g/mol. The highest BCUT2D eigenvalue weighted by Crippen LogP contribution is 2.31. The molecule has 18 heavy (non-hydrogen) atoms. The van der Waals surface area contributed by atoms with E-state index in [-0.39, 0.29) is 6.04 Å². The van der Waals surface area contributed by atoms with E-state index in [0.29, 0.717) is 5.95 Å². The van der Waals surface area contributed by atoms with Gasteiger partial charge in [-0.25, -0.2) is 14.6 Å². The Balaban J connectivity index is 2.17. The number of nitrogens with zero attached hydrogens (tertiary/aromatic N) is 4. The van der Waals surface area contributed by atoms with Crippen molar-refractivity contribution in [3.8, 4) is 5.95 Å². The Labute approximate surface area is 106 Å². The molecule has 5 heteroatoms. The standard InChI is InChI=1S/C13H17N5/c1-2-10-12-9(14)5-3-6-11(12)18(17-10)13-15-7-4-8-16-13/h4,7-9H,2-3,5-6,14H2,1H3. The number of fused-ring (bicyclic) bond motifs is 1. The second-order valence-corrected chi connectivity index (χ2v) is 4.62. The molecule has 2 aromatic rings. The smallest absolute Gasteiger partial charge is 0.250 e. The van der Waals surface area contributed by atoms with Crippen molar-refractivity contribution in [2.75, 3.05) is 0 Å². The number of aryl methyl sites for hydroxylation is 1. The van der Waals surface area contributed by atoms with E-state index in [1.165, 1.54) is 11.3 Å². The molecule has 0 aromatic carbocycles. The molecule has 2 N–H and O–H groups in total. The lowest BCUT2D eigenvalue weighted by Gasteiger charge is -2.19. The van der Waals surface area contributed by atoms with Gasteiger partial charge >= 0.3 is 0 Å². The summed E-state index contributed by atoms with van der Waals surface area (Å²) in [5.41, 5.74) is 9.72. The van der Waals surface area contributed by atoms with E-state index in [4.69, 9.17) is 5.73 Å². The first-order chi connectivity index (χ1) is 8.81. The van der Waals surface area contributed by atoms with Crippen molar-refractivity contribution in [3.63, 3.8) is 0 Å². The summed E-state index contributed by atoms with van der Waals surface area (Å²) < 4.78 is 1.87. The van der Waals surface area contributed by atoms with Gasteiger partial charge < -0.3 is 5.73 Å². The van der Waals surface area contributed by atoms with Gasteiger partial charge in [0.05, 0.1) is 11.4 Å². The van der Waals surface area contributed by atoms with Gasteiger partial charge in [-0.1, -0.05) is 6.92 Å². The zero-order valence-corrected chi connectivity index (χ0v) is 10.5. The monoisotopic (exact) mass is 243 g/mol. The number of hydrogen-bond donors (Lipinski definition) is 1. The van der Waals surface area contributed by atoms with Gasteiger partial charge in [-0.15, -0.1) is 0 Å². The molecule has 1 atom stereocenters. The second-order valence-electron chi connectivity index (χ2n) is 4.62. The van der Waals surface area contributed by atoms with Crippen LogP contribution in [0.15, 0.2) is 18.5 Å². The first-order valence-corrected chi connectivity index (χ1v) is 6.45. The van der Waals surface area contributed by atoms with Crippen molar-refractivity contribution in [1.82, 2.24) is 19.7 Å². The lowest BCUT2D eigenvalue weighted by atomic mass is 9.91. The fourth-order valence-corrected chi connectivity index (χ4v) is 2.65. The molecule has 3 rings (SSSR count). The van der Waals surface area contributed by atoms with Crippen LogP contribution in [0.5, 0.6) is 0 Å². The Morgan fingerprint density at radius 2 is 2.17 bits per heavy atom. The first kappa shape index (κ1) is 11.3. The van der Waals surface area contributed by atoms with E-state index >= 15 is 0 Å². The normalized spacial score (nSPS) is 18.7. The van der Waals surface area contributed by atoms with Crippen molar-refractivity contribution in [1.29, 1.82) is 0 Å². The third-order valence-electron chi connectivity index (χ3n) is 3.47. The number of hydrogen-bond acceptors (Lipinski definition) is 4. The second kappa shape index (κ2) is 4.49. The molecule has 0 saturated heterocycles. The summed E-state index contributed by atoms with van der Waals surface area (Å²) in [6, 6.07) is 1.92. The van der Waals surface area contributed by atoms with E-state index in [0.717, 1.165) is 31.4 Å². The average Bonchev–Trinajstić information content (AvgIpc) is 2.80. The molecule has 1 aliphatic carbocycles. The third kappa shape index (κ3) is 1.71. The number of nitrogens with two attached hydrogens (primary N) is 1. The van der Waals surface area contributed by atoms with Gasteiger partial charge in [0.25, 0.3) is 5.95 Å². The van der Waals surface area contributed by atoms with Crippen molar-refractivity contribution >= 4 is 0 Å². The summed E-state index contributed by atoms with van der Waals surface area (Å²) in [6.45, 7) is 2.11. The Hall–Kier alpha value is -1.75. The fourth-order valence-electron chi connectivity index (χ4n) is 2.65. The SMILES string of the molecule is CCc1nn(-c2ncccn2)c2c1C(N)CCC2. The molecule has 5 nitrogen and oxygen atoms in total. The quantitative estimate of drug-likeness (QED) is 0.869. The summed E-state index contributed by atoms with van der Waals surface area (Å²) in [6.07, 6.45) is 7.54. The van der Waals surface area contributed by atoms with Crippen LogP contribution in [0.2, 0.25) is 0 Å². The molecule has 0 fully saturated rings. The highest BCUT2D eigenvalue weighted by Gasteiger charge is 2.26. The zero-order valence-electron chi connectivity index (χ0n) is 10.5. The van der Waals surface area contributed by atoms with Crippen LogP contribution < -0.4 is 5.73 Å². The van der Waals surface area contributed by atoms with Gasteiger partial charge in [0.1, 0.15) is 0 Å². The van der Waals surface area contributed by atoms with Gasteiger partial charge in [0.2, 0.25) is 0 Å².